The number of rotatable bonds is 7. The van der Waals surface area contributed by atoms with Gasteiger partial charge in [-0.05, 0) is 71.6 Å². The third kappa shape index (κ3) is 5.98. The summed E-state index contributed by atoms with van der Waals surface area (Å²) >= 11 is 0. The smallest absolute Gasteiger partial charge is 0.309 e. The number of benzene rings is 2. The molecule has 1 N–H and O–H groups in total. The molecule has 1 atom stereocenters. The molecule has 1 aliphatic carbocycles. The van der Waals surface area contributed by atoms with Crippen molar-refractivity contribution in [3.8, 4) is 5.75 Å². The number of fused-ring (bicyclic) bond motifs is 1. The molecule has 0 aromatic heterocycles. The monoisotopic (exact) mass is 411 g/mol. The van der Waals surface area contributed by atoms with E-state index in [-0.39, 0.29) is 11.9 Å². The average molecular weight is 412 g/mol. The second-order valence-electron chi connectivity index (χ2n) is 9.86. The van der Waals surface area contributed by atoms with Gasteiger partial charge in [0.1, 0.15) is 5.75 Å². The Labute approximate surface area is 181 Å². The van der Waals surface area contributed by atoms with Crippen molar-refractivity contribution in [2.75, 3.05) is 13.7 Å². The van der Waals surface area contributed by atoms with Gasteiger partial charge in [-0.3, -0.25) is 4.79 Å². The number of hydrogen-bond acceptors (Lipinski definition) is 4. The van der Waals surface area contributed by atoms with Gasteiger partial charge in [0.05, 0.1) is 19.1 Å². The van der Waals surface area contributed by atoms with Gasteiger partial charge in [-0.2, -0.15) is 0 Å². The predicted molar refractivity (Wildman–Crippen MR) is 123 cm³/mol. The van der Waals surface area contributed by atoms with Crippen molar-refractivity contribution in [3.05, 3.63) is 42.0 Å². The van der Waals surface area contributed by atoms with Crippen LogP contribution in [0.1, 0.15) is 58.9 Å². The Kier molecular flexibility index (Phi) is 7.41. The van der Waals surface area contributed by atoms with E-state index in [1.165, 1.54) is 36.3 Å². The van der Waals surface area contributed by atoms with Gasteiger partial charge in [0.2, 0.25) is 0 Å². The molecule has 0 radical (unpaired) electrons. The normalized spacial score (nSPS) is 20.7. The highest BCUT2D eigenvalue weighted by Crippen LogP contribution is 2.39. The number of carbonyl (C=O) groups is 1. The van der Waals surface area contributed by atoms with Gasteiger partial charge in [-0.25, -0.2) is 0 Å². The molecule has 1 aliphatic rings. The number of esters is 1. The van der Waals surface area contributed by atoms with Crippen LogP contribution in [-0.2, 0) is 16.1 Å². The van der Waals surface area contributed by atoms with E-state index in [1.54, 1.807) is 0 Å². The molecule has 0 bridgehead atoms. The molecule has 0 heterocycles. The lowest BCUT2D eigenvalue weighted by atomic mass is 9.72. The summed E-state index contributed by atoms with van der Waals surface area (Å²) in [7, 11) is 1.43. The first kappa shape index (κ1) is 22.6. The topological polar surface area (TPSA) is 47.6 Å². The number of hydrogen-bond donors (Lipinski definition) is 1. The van der Waals surface area contributed by atoms with Crippen molar-refractivity contribution in [2.24, 2.45) is 17.3 Å². The molecule has 1 fully saturated rings. The van der Waals surface area contributed by atoms with Crippen molar-refractivity contribution in [2.45, 2.75) is 66.0 Å². The maximum Gasteiger partial charge on any atom is 0.309 e. The van der Waals surface area contributed by atoms with Crippen LogP contribution in [0, 0.1) is 17.3 Å². The minimum atomic E-state index is -0.180. The maximum absolute atomic E-state index is 11.5. The zero-order valence-electron chi connectivity index (χ0n) is 19.2. The molecule has 2 aromatic rings. The zero-order chi connectivity index (χ0) is 21.7. The van der Waals surface area contributed by atoms with Gasteiger partial charge in [0, 0.05) is 13.1 Å². The van der Waals surface area contributed by atoms with Crippen LogP contribution in [0.15, 0.2) is 36.4 Å². The van der Waals surface area contributed by atoms with Crippen molar-refractivity contribution in [1.82, 2.24) is 5.32 Å². The highest BCUT2D eigenvalue weighted by atomic mass is 16.5. The summed E-state index contributed by atoms with van der Waals surface area (Å²) in [5, 5.41) is 5.74. The first-order valence-corrected chi connectivity index (χ1v) is 11.2. The summed E-state index contributed by atoms with van der Waals surface area (Å²) in [5.74, 6) is 1.45. The van der Waals surface area contributed by atoms with E-state index in [4.69, 9.17) is 9.47 Å². The number of methoxy groups -OCH3 is 1. The molecular weight excluding hydrogens is 374 g/mol. The van der Waals surface area contributed by atoms with E-state index >= 15 is 0 Å². The molecule has 1 unspecified atom stereocenters. The Bertz CT molecular complexity index is 847. The lowest BCUT2D eigenvalue weighted by Gasteiger charge is -2.37. The molecule has 0 saturated heterocycles. The highest BCUT2D eigenvalue weighted by molar-refractivity contribution is 5.84. The van der Waals surface area contributed by atoms with E-state index in [0.29, 0.717) is 18.1 Å². The minimum Gasteiger partial charge on any atom is -0.490 e. The van der Waals surface area contributed by atoms with E-state index in [2.05, 4.69) is 62.5 Å². The molecule has 3 rings (SSSR count). The van der Waals surface area contributed by atoms with Gasteiger partial charge in [0.15, 0.2) is 0 Å². The summed E-state index contributed by atoms with van der Waals surface area (Å²) in [4.78, 5) is 11.5. The van der Waals surface area contributed by atoms with E-state index in [0.717, 1.165) is 31.1 Å². The van der Waals surface area contributed by atoms with E-state index in [1.807, 2.05) is 6.92 Å². The number of nitrogens with one attached hydrogen (secondary N) is 1. The molecule has 0 spiro atoms. The quantitative estimate of drug-likeness (QED) is 0.592. The molecular formula is C26H37NO3. The fourth-order valence-corrected chi connectivity index (χ4v) is 4.41. The molecule has 30 heavy (non-hydrogen) atoms. The zero-order valence-corrected chi connectivity index (χ0v) is 19.2. The van der Waals surface area contributed by atoms with Gasteiger partial charge >= 0.3 is 5.97 Å². The summed E-state index contributed by atoms with van der Waals surface area (Å²) in [6.45, 7) is 10.3. The lowest BCUT2D eigenvalue weighted by Crippen LogP contribution is -2.30. The number of ether oxygens (including phenoxy) is 2. The van der Waals surface area contributed by atoms with Crippen LogP contribution in [0.5, 0.6) is 5.75 Å². The van der Waals surface area contributed by atoms with Gasteiger partial charge < -0.3 is 14.8 Å². The second-order valence-corrected chi connectivity index (χ2v) is 9.86. The first-order valence-electron chi connectivity index (χ1n) is 11.2. The Morgan fingerprint density at radius 1 is 1.07 bits per heavy atom. The van der Waals surface area contributed by atoms with Crippen LogP contribution in [0.2, 0.25) is 0 Å². The Morgan fingerprint density at radius 2 is 1.73 bits per heavy atom. The SMILES string of the molecule is COC(=O)C(C)CNCc1ccc2cc(OC3CCC(C(C)(C)C)CC3)ccc2c1. The average Bonchev–Trinajstić information content (AvgIpc) is 2.72. The summed E-state index contributed by atoms with van der Waals surface area (Å²) in [6, 6.07) is 12.9. The number of carbonyl (C=O) groups excluding carboxylic acids is 1. The van der Waals surface area contributed by atoms with Crippen LogP contribution in [-0.4, -0.2) is 25.7 Å². The standard InChI is InChI=1S/C26H37NO3/c1-18(25(28)29-5)16-27-17-19-6-7-21-15-24(11-8-20(21)14-19)30-23-12-9-22(10-13-23)26(2,3)4/h6-8,11,14-15,18,22-23,27H,9-10,12-13,16-17H2,1-5H3. The molecule has 0 aliphatic heterocycles. The third-order valence-electron chi connectivity index (χ3n) is 6.46. The van der Waals surface area contributed by atoms with Crippen molar-refractivity contribution in [3.63, 3.8) is 0 Å². The Hall–Kier alpha value is -2.07. The van der Waals surface area contributed by atoms with Crippen LogP contribution >= 0.6 is 0 Å². The molecule has 164 valence electrons. The third-order valence-corrected chi connectivity index (χ3v) is 6.46. The Balaban J connectivity index is 1.54. The molecule has 4 heteroatoms. The van der Waals surface area contributed by atoms with Crippen LogP contribution < -0.4 is 10.1 Å². The van der Waals surface area contributed by atoms with E-state index < -0.39 is 0 Å². The van der Waals surface area contributed by atoms with Crippen LogP contribution in [0.25, 0.3) is 10.8 Å². The predicted octanol–water partition coefficient (Wildman–Crippen LogP) is 5.72. The van der Waals surface area contributed by atoms with Crippen molar-refractivity contribution in [1.29, 1.82) is 0 Å². The highest BCUT2D eigenvalue weighted by Gasteiger charge is 2.30. The summed E-state index contributed by atoms with van der Waals surface area (Å²) < 4.78 is 11.1. The molecule has 2 aromatic carbocycles. The van der Waals surface area contributed by atoms with Crippen LogP contribution in [0.4, 0.5) is 0 Å². The molecule has 0 amide bonds. The second kappa shape index (κ2) is 9.82. The first-order chi connectivity index (χ1) is 14.3. The van der Waals surface area contributed by atoms with Crippen molar-refractivity contribution < 1.29 is 14.3 Å². The molecule has 4 nitrogen and oxygen atoms in total. The largest absolute Gasteiger partial charge is 0.490 e. The van der Waals surface area contributed by atoms with Crippen molar-refractivity contribution >= 4 is 16.7 Å². The fourth-order valence-electron chi connectivity index (χ4n) is 4.41. The van der Waals surface area contributed by atoms with Crippen LogP contribution in [0.3, 0.4) is 0 Å². The Morgan fingerprint density at radius 3 is 2.40 bits per heavy atom. The fraction of sp³-hybridized carbons (Fsp3) is 0.577. The lowest BCUT2D eigenvalue weighted by molar-refractivity contribution is -0.144. The molecule has 1 saturated carbocycles. The summed E-state index contributed by atoms with van der Waals surface area (Å²) in [6.07, 6.45) is 5.14. The maximum atomic E-state index is 11.5. The van der Waals surface area contributed by atoms with Gasteiger partial charge in [-0.15, -0.1) is 0 Å². The van der Waals surface area contributed by atoms with E-state index in [9.17, 15) is 4.79 Å². The summed E-state index contributed by atoms with van der Waals surface area (Å²) in [5.41, 5.74) is 1.60. The van der Waals surface area contributed by atoms with Gasteiger partial charge in [-0.1, -0.05) is 45.9 Å². The van der Waals surface area contributed by atoms with Gasteiger partial charge in [0.25, 0.3) is 0 Å². The minimum absolute atomic E-state index is 0.145.